The van der Waals surface area contributed by atoms with Crippen molar-refractivity contribution in [3.8, 4) is 0 Å². The first-order valence-electron chi connectivity index (χ1n) is 7.49. The molecule has 1 amide bonds. The molecule has 0 atom stereocenters. The van der Waals surface area contributed by atoms with Crippen molar-refractivity contribution in [2.75, 3.05) is 13.2 Å². The minimum atomic E-state index is -0.242. The monoisotopic (exact) mass is 349 g/mol. The fraction of sp³-hybridized carbons (Fsp3) is 0.353. The summed E-state index contributed by atoms with van der Waals surface area (Å²) in [5.74, 6) is -0.336. The Morgan fingerprint density at radius 3 is 2.70 bits per heavy atom. The molecule has 0 spiro atoms. The van der Waals surface area contributed by atoms with Gasteiger partial charge in [-0.1, -0.05) is 53.8 Å². The van der Waals surface area contributed by atoms with E-state index in [1.807, 2.05) is 37.3 Å². The summed E-state index contributed by atoms with van der Waals surface area (Å²) in [4.78, 5) is 25.9. The molecule has 4 nitrogen and oxygen atoms in total. The summed E-state index contributed by atoms with van der Waals surface area (Å²) < 4.78 is 5.42. The van der Waals surface area contributed by atoms with Crippen molar-refractivity contribution >= 4 is 46.3 Å². The van der Waals surface area contributed by atoms with Gasteiger partial charge in [-0.3, -0.25) is 14.5 Å². The van der Waals surface area contributed by atoms with Gasteiger partial charge in [-0.2, -0.15) is 0 Å². The number of nitrogens with zero attached hydrogens (tertiary/aromatic N) is 1. The lowest BCUT2D eigenvalue weighted by molar-refractivity contribution is -0.143. The van der Waals surface area contributed by atoms with Gasteiger partial charge in [0.2, 0.25) is 0 Å². The number of aryl methyl sites for hydroxylation is 1. The molecule has 23 heavy (non-hydrogen) atoms. The average molecular weight is 349 g/mol. The van der Waals surface area contributed by atoms with Crippen LogP contribution in [0.15, 0.2) is 29.2 Å². The summed E-state index contributed by atoms with van der Waals surface area (Å²) in [7, 11) is 0. The van der Waals surface area contributed by atoms with Gasteiger partial charge in [-0.05, 0) is 31.9 Å². The van der Waals surface area contributed by atoms with Crippen molar-refractivity contribution < 1.29 is 14.3 Å². The van der Waals surface area contributed by atoms with Gasteiger partial charge in [0.1, 0.15) is 4.32 Å². The Bertz CT molecular complexity index is 638. The number of hydrogen-bond donors (Lipinski definition) is 0. The van der Waals surface area contributed by atoms with Crippen molar-refractivity contribution in [2.24, 2.45) is 0 Å². The predicted molar refractivity (Wildman–Crippen MR) is 96.9 cm³/mol. The maximum atomic E-state index is 12.4. The number of thiocarbonyl (C=S) groups is 1. The van der Waals surface area contributed by atoms with Crippen LogP contribution in [0.3, 0.4) is 0 Å². The first-order valence-corrected chi connectivity index (χ1v) is 8.71. The van der Waals surface area contributed by atoms with Gasteiger partial charge < -0.3 is 4.74 Å². The minimum Gasteiger partial charge on any atom is -0.466 e. The van der Waals surface area contributed by atoms with Gasteiger partial charge in [0.15, 0.2) is 0 Å². The zero-order chi connectivity index (χ0) is 16.8. The molecule has 1 heterocycles. The summed E-state index contributed by atoms with van der Waals surface area (Å²) in [5, 5.41) is 0. The highest BCUT2D eigenvalue weighted by Crippen LogP contribution is 2.32. The lowest BCUT2D eigenvalue weighted by Crippen LogP contribution is -2.29. The van der Waals surface area contributed by atoms with E-state index in [0.717, 1.165) is 5.56 Å². The van der Waals surface area contributed by atoms with Gasteiger partial charge in [0.05, 0.1) is 11.5 Å². The number of thioether (sulfide) groups is 1. The molecular formula is C17H19NO3S2. The average Bonchev–Trinajstić information content (AvgIpc) is 2.77. The number of ether oxygens (including phenoxy) is 1. The van der Waals surface area contributed by atoms with E-state index >= 15 is 0 Å². The Kier molecular flexibility index (Phi) is 6.36. The van der Waals surface area contributed by atoms with Crippen molar-refractivity contribution in [1.29, 1.82) is 0 Å². The van der Waals surface area contributed by atoms with Gasteiger partial charge in [-0.15, -0.1) is 0 Å². The molecule has 0 aliphatic carbocycles. The second-order valence-corrected chi connectivity index (χ2v) is 6.83. The van der Waals surface area contributed by atoms with E-state index in [1.54, 1.807) is 11.8 Å². The summed E-state index contributed by atoms with van der Waals surface area (Å²) >= 11 is 6.58. The normalized spacial score (nSPS) is 16.3. The molecule has 0 radical (unpaired) electrons. The second kappa shape index (κ2) is 8.26. The van der Waals surface area contributed by atoms with Crippen LogP contribution in [-0.2, 0) is 14.3 Å². The largest absolute Gasteiger partial charge is 0.466 e. The predicted octanol–water partition coefficient (Wildman–Crippen LogP) is 3.54. The number of carbonyl (C=O) groups is 2. The van der Waals surface area contributed by atoms with Crippen LogP contribution in [0.5, 0.6) is 0 Å². The van der Waals surface area contributed by atoms with Crippen molar-refractivity contribution in [3.63, 3.8) is 0 Å². The van der Waals surface area contributed by atoms with Crippen molar-refractivity contribution in [3.05, 3.63) is 40.3 Å². The number of benzene rings is 1. The molecule has 1 aliphatic heterocycles. The van der Waals surface area contributed by atoms with E-state index in [0.29, 0.717) is 35.2 Å². The van der Waals surface area contributed by atoms with Crippen LogP contribution in [0, 0.1) is 6.92 Å². The van der Waals surface area contributed by atoms with Crippen LogP contribution in [0.2, 0.25) is 0 Å². The molecule has 0 unspecified atom stereocenters. The van der Waals surface area contributed by atoms with Gasteiger partial charge >= 0.3 is 5.97 Å². The maximum absolute atomic E-state index is 12.4. The number of rotatable bonds is 6. The molecular weight excluding hydrogens is 330 g/mol. The van der Waals surface area contributed by atoms with E-state index in [4.69, 9.17) is 17.0 Å². The molecule has 0 saturated carbocycles. The topological polar surface area (TPSA) is 46.6 Å². The molecule has 1 aliphatic rings. The SMILES string of the molecule is CCOC(=O)CCCN1C(=O)/C(=C\c2ccc(C)cc2)SC1=S. The Morgan fingerprint density at radius 1 is 1.35 bits per heavy atom. The van der Waals surface area contributed by atoms with E-state index in [2.05, 4.69) is 0 Å². The molecule has 1 fully saturated rings. The van der Waals surface area contributed by atoms with E-state index in [1.165, 1.54) is 17.3 Å². The fourth-order valence-electron chi connectivity index (χ4n) is 2.12. The first-order chi connectivity index (χ1) is 11.0. The Balaban J connectivity index is 1.96. The summed E-state index contributed by atoms with van der Waals surface area (Å²) in [5.41, 5.74) is 2.15. The molecule has 0 bridgehead atoms. The van der Waals surface area contributed by atoms with E-state index in [-0.39, 0.29) is 11.9 Å². The van der Waals surface area contributed by atoms with Gasteiger partial charge in [0.25, 0.3) is 5.91 Å². The highest BCUT2D eigenvalue weighted by atomic mass is 32.2. The van der Waals surface area contributed by atoms with Crippen LogP contribution in [0.25, 0.3) is 6.08 Å². The third-order valence-corrected chi connectivity index (χ3v) is 4.69. The summed E-state index contributed by atoms with van der Waals surface area (Å²) in [6.07, 6.45) is 2.69. The Hall–Kier alpha value is -1.66. The third kappa shape index (κ3) is 4.91. The lowest BCUT2D eigenvalue weighted by Gasteiger charge is -2.13. The molecule has 122 valence electrons. The molecule has 2 rings (SSSR count). The Labute approximate surface area is 145 Å². The molecule has 0 N–H and O–H groups in total. The van der Waals surface area contributed by atoms with Crippen LogP contribution in [0.4, 0.5) is 0 Å². The molecule has 6 heteroatoms. The van der Waals surface area contributed by atoms with Crippen molar-refractivity contribution in [1.82, 2.24) is 4.90 Å². The Morgan fingerprint density at radius 2 is 2.04 bits per heavy atom. The second-order valence-electron chi connectivity index (χ2n) is 5.15. The molecule has 1 saturated heterocycles. The molecule has 1 aromatic carbocycles. The summed E-state index contributed by atoms with van der Waals surface area (Å²) in [6.45, 7) is 4.61. The van der Waals surface area contributed by atoms with E-state index < -0.39 is 0 Å². The molecule has 1 aromatic rings. The van der Waals surface area contributed by atoms with Crippen LogP contribution in [0.1, 0.15) is 30.9 Å². The number of carbonyl (C=O) groups excluding carboxylic acids is 2. The number of esters is 1. The smallest absolute Gasteiger partial charge is 0.305 e. The standard InChI is InChI=1S/C17H19NO3S2/c1-3-21-15(19)5-4-10-18-16(20)14(23-17(18)22)11-13-8-6-12(2)7-9-13/h6-9,11H,3-5,10H2,1-2H3/b14-11+. The lowest BCUT2D eigenvalue weighted by atomic mass is 10.1. The van der Waals surface area contributed by atoms with Crippen LogP contribution < -0.4 is 0 Å². The highest BCUT2D eigenvalue weighted by Gasteiger charge is 2.31. The molecule has 0 aromatic heterocycles. The minimum absolute atomic E-state index is 0.0931. The van der Waals surface area contributed by atoms with Crippen molar-refractivity contribution in [2.45, 2.75) is 26.7 Å². The van der Waals surface area contributed by atoms with Crippen LogP contribution >= 0.6 is 24.0 Å². The van der Waals surface area contributed by atoms with Crippen LogP contribution in [-0.4, -0.2) is 34.2 Å². The number of amides is 1. The van der Waals surface area contributed by atoms with Gasteiger partial charge in [0, 0.05) is 13.0 Å². The summed E-state index contributed by atoms with van der Waals surface area (Å²) in [6, 6.07) is 7.96. The zero-order valence-corrected chi connectivity index (χ0v) is 14.8. The first kappa shape index (κ1) is 17.7. The maximum Gasteiger partial charge on any atom is 0.305 e. The number of hydrogen-bond acceptors (Lipinski definition) is 5. The zero-order valence-electron chi connectivity index (χ0n) is 13.2. The highest BCUT2D eigenvalue weighted by molar-refractivity contribution is 8.26. The van der Waals surface area contributed by atoms with E-state index in [9.17, 15) is 9.59 Å². The quantitative estimate of drug-likeness (QED) is 0.447. The van der Waals surface area contributed by atoms with Gasteiger partial charge in [-0.25, -0.2) is 0 Å². The third-order valence-electron chi connectivity index (χ3n) is 3.32. The fourth-order valence-corrected chi connectivity index (χ4v) is 3.43.